The Morgan fingerprint density at radius 3 is 2.50 bits per heavy atom. The van der Waals surface area contributed by atoms with E-state index in [-0.39, 0.29) is 0 Å². The Labute approximate surface area is 203 Å². The van der Waals surface area contributed by atoms with Crippen LogP contribution in [0.3, 0.4) is 0 Å². The average Bonchev–Trinajstić information content (AvgIpc) is 3.18. The monoisotopic (exact) mass is 529 g/mol. The number of carbonyl (C=O) groups excluding carboxylic acids is 1. The summed E-state index contributed by atoms with van der Waals surface area (Å²) >= 11 is 16.0. The van der Waals surface area contributed by atoms with Gasteiger partial charge in [-0.15, -0.1) is 0 Å². The zero-order valence-corrected chi connectivity index (χ0v) is 20.1. The molecule has 8 heteroatoms. The first-order valence-electron chi connectivity index (χ1n) is 9.62. The number of ether oxygens (including phenoxy) is 1. The van der Waals surface area contributed by atoms with E-state index in [0.717, 1.165) is 27.1 Å². The summed E-state index contributed by atoms with van der Waals surface area (Å²) in [5.41, 5.74) is 10.1. The maximum absolute atomic E-state index is 11.9. The fourth-order valence-electron chi connectivity index (χ4n) is 3.37. The number of carbonyl (C=O) groups is 1. The fraction of sp³-hybridized carbons (Fsp3) is 0.0833. The third-order valence-corrected chi connectivity index (χ3v) is 6.06. The number of hydrogen-bond acceptors (Lipinski definition) is 4. The molecule has 32 heavy (non-hydrogen) atoms. The molecule has 5 nitrogen and oxygen atoms in total. The van der Waals surface area contributed by atoms with E-state index in [4.69, 9.17) is 38.7 Å². The molecular weight excluding hydrogens is 513 g/mol. The van der Waals surface area contributed by atoms with Gasteiger partial charge >= 0.3 is 5.97 Å². The highest BCUT2D eigenvalue weighted by molar-refractivity contribution is 9.10. The largest absolute Gasteiger partial charge is 0.465 e. The van der Waals surface area contributed by atoms with Gasteiger partial charge in [-0.2, -0.15) is 0 Å². The van der Waals surface area contributed by atoms with Gasteiger partial charge in [-0.05, 0) is 54.1 Å². The van der Waals surface area contributed by atoms with Gasteiger partial charge < -0.3 is 15.0 Å². The van der Waals surface area contributed by atoms with Gasteiger partial charge in [-0.3, -0.25) is 0 Å². The molecule has 4 rings (SSSR count). The number of anilines is 1. The van der Waals surface area contributed by atoms with E-state index < -0.39 is 5.97 Å². The van der Waals surface area contributed by atoms with Gasteiger partial charge in [0.2, 0.25) is 0 Å². The van der Waals surface area contributed by atoms with E-state index in [1.165, 1.54) is 7.11 Å². The minimum atomic E-state index is -0.483. The average molecular weight is 531 g/mol. The van der Waals surface area contributed by atoms with Crippen LogP contribution in [0.2, 0.25) is 10.0 Å². The maximum atomic E-state index is 11.9. The van der Waals surface area contributed by atoms with Gasteiger partial charge in [0.25, 0.3) is 0 Å². The Morgan fingerprint density at radius 2 is 1.84 bits per heavy atom. The van der Waals surface area contributed by atoms with Crippen molar-refractivity contribution in [1.29, 1.82) is 0 Å². The van der Waals surface area contributed by atoms with E-state index in [1.54, 1.807) is 24.3 Å². The van der Waals surface area contributed by atoms with Crippen LogP contribution in [0.15, 0.2) is 71.3 Å². The van der Waals surface area contributed by atoms with Gasteiger partial charge in [0.05, 0.1) is 23.4 Å². The first-order valence-corrected chi connectivity index (χ1v) is 11.2. The number of hydrogen-bond donors (Lipinski definition) is 1. The van der Waals surface area contributed by atoms with Crippen molar-refractivity contribution in [3.8, 4) is 16.9 Å². The molecule has 1 heterocycles. The van der Waals surface area contributed by atoms with Crippen molar-refractivity contribution < 1.29 is 9.53 Å². The molecule has 0 saturated carbocycles. The second-order valence-corrected chi connectivity index (χ2v) is 8.86. The molecule has 0 aliphatic heterocycles. The van der Waals surface area contributed by atoms with Crippen molar-refractivity contribution in [2.75, 3.05) is 12.8 Å². The van der Waals surface area contributed by atoms with Crippen LogP contribution in [0, 0.1) is 0 Å². The smallest absolute Gasteiger partial charge is 0.339 e. The SMILES string of the molecule is COC(=O)c1ccc(-n2cc(-c3ccc(Cl)cc3Cl)nc2Cc2ccc(Br)cc2)cc1N. The molecule has 0 spiro atoms. The third kappa shape index (κ3) is 4.67. The summed E-state index contributed by atoms with van der Waals surface area (Å²) in [5.74, 6) is 0.307. The fourth-order valence-corrected chi connectivity index (χ4v) is 4.14. The van der Waals surface area contributed by atoms with E-state index >= 15 is 0 Å². The van der Waals surface area contributed by atoms with Crippen molar-refractivity contribution >= 4 is 50.8 Å². The predicted molar refractivity (Wildman–Crippen MR) is 132 cm³/mol. The van der Waals surface area contributed by atoms with Crippen molar-refractivity contribution in [2.24, 2.45) is 0 Å². The lowest BCUT2D eigenvalue weighted by Crippen LogP contribution is -2.07. The number of nitrogen functional groups attached to an aromatic ring is 1. The molecule has 0 atom stereocenters. The summed E-state index contributed by atoms with van der Waals surface area (Å²) in [6.45, 7) is 0. The highest BCUT2D eigenvalue weighted by atomic mass is 79.9. The molecule has 0 saturated heterocycles. The molecule has 0 aliphatic carbocycles. The number of benzene rings is 3. The standard InChI is InChI=1S/C24H18BrCl2N3O2/c1-32-24(31)19-9-7-17(12-21(19)28)30-13-22(18-8-6-16(26)11-20(18)27)29-23(30)10-14-2-4-15(25)5-3-14/h2-9,11-13H,10,28H2,1H3. The third-order valence-electron chi connectivity index (χ3n) is 4.98. The van der Waals surface area contributed by atoms with Gasteiger partial charge in [0.1, 0.15) is 5.82 Å². The molecule has 0 fully saturated rings. The lowest BCUT2D eigenvalue weighted by molar-refractivity contribution is 0.0602. The minimum absolute atomic E-state index is 0.312. The van der Waals surface area contributed by atoms with Crippen LogP contribution in [0.4, 0.5) is 5.69 Å². The minimum Gasteiger partial charge on any atom is -0.465 e. The molecule has 162 valence electrons. The zero-order chi connectivity index (χ0) is 22.8. The van der Waals surface area contributed by atoms with Crippen LogP contribution in [0.1, 0.15) is 21.7 Å². The number of rotatable bonds is 5. The molecule has 2 N–H and O–H groups in total. The van der Waals surface area contributed by atoms with Gasteiger partial charge in [0.15, 0.2) is 0 Å². The molecule has 4 aromatic rings. The lowest BCUT2D eigenvalue weighted by Gasteiger charge is -2.11. The summed E-state index contributed by atoms with van der Waals surface area (Å²) in [5, 5.41) is 1.07. The molecule has 0 radical (unpaired) electrons. The Bertz CT molecular complexity index is 1300. The normalized spacial score (nSPS) is 10.9. The molecule has 0 unspecified atom stereocenters. The molecule has 0 bridgehead atoms. The Balaban J connectivity index is 1.82. The highest BCUT2D eigenvalue weighted by Gasteiger charge is 2.17. The summed E-state index contributed by atoms with van der Waals surface area (Å²) < 4.78 is 7.74. The zero-order valence-electron chi connectivity index (χ0n) is 17.0. The quantitative estimate of drug-likeness (QED) is 0.234. The highest BCUT2D eigenvalue weighted by Crippen LogP contribution is 2.32. The van der Waals surface area contributed by atoms with E-state index in [1.807, 2.05) is 47.2 Å². The van der Waals surface area contributed by atoms with Crippen LogP contribution in [-0.2, 0) is 11.2 Å². The predicted octanol–water partition coefficient (Wildman–Crippen LogP) is 6.57. The first kappa shape index (κ1) is 22.4. The van der Waals surface area contributed by atoms with Crippen molar-refractivity contribution in [3.05, 3.63) is 98.3 Å². The summed E-state index contributed by atoms with van der Waals surface area (Å²) in [6, 6.07) is 18.5. The van der Waals surface area contributed by atoms with Crippen molar-refractivity contribution in [1.82, 2.24) is 9.55 Å². The van der Waals surface area contributed by atoms with Crippen LogP contribution in [0.25, 0.3) is 16.9 Å². The molecule has 0 amide bonds. The number of imidazole rings is 1. The molecule has 0 aliphatic rings. The van der Waals surface area contributed by atoms with Crippen LogP contribution >= 0.6 is 39.1 Å². The number of esters is 1. The lowest BCUT2D eigenvalue weighted by atomic mass is 10.1. The molecular formula is C24H18BrCl2N3O2. The Hall–Kier alpha value is -2.80. The van der Waals surface area contributed by atoms with Crippen LogP contribution < -0.4 is 5.73 Å². The van der Waals surface area contributed by atoms with Gasteiger partial charge in [-0.25, -0.2) is 9.78 Å². The van der Waals surface area contributed by atoms with Crippen LogP contribution in [-0.4, -0.2) is 22.6 Å². The number of methoxy groups -OCH3 is 1. The topological polar surface area (TPSA) is 70.1 Å². The number of halogens is 3. The second kappa shape index (κ2) is 9.36. The van der Waals surface area contributed by atoms with Crippen LogP contribution in [0.5, 0.6) is 0 Å². The number of aromatic nitrogens is 2. The van der Waals surface area contributed by atoms with E-state index in [0.29, 0.717) is 33.4 Å². The molecule has 3 aromatic carbocycles. The molecule has 1 aromatic heterocycles. The summed E-state index contributed by atoms with van der Waals surface area (Å²) in [6.07, 6.45) is 2.48. The summed E-state index contributed by atoms with van der Waals surface area (Å²) in [7, 11) is 1.32. The van der Waals surface area contributed by atoms with Crippen molar-refractivity contribution in [2.45, 2.75) is 6.42 Å². The first-order chi connectivity index (χ1) is 15.4. The van der Waals surface area contributed by atoms with Gasteiger partial charge in [-0.1, -0.05) is 51.3 Å². The van der Waals surface area contributed by atoms with Crippen molar-refractivity contribution in [3.63, 3.8) is 0 Å². The number of nitrogens with two attached hydrogens (primary N) is 1. The number of nitrogens with zero attached hydrogens (tertiary/aromatic N) is 2. The Kier molecular flexibility index (Phi) is 6.55. The maximum Gasteiger partial charge on any atom is 0.339 e. The summed E-state index contributed by atoms with van der Waals surface area (Å²) in [4.78, 5) is 16.8. The Morgan fingerprint density at radius 1 is 1.09 bits per heavy atom. The van der Waals surface area contributed by atoms with Gasteiger partial charge in [0, 0.05) is 39.1 Å². The van der Waals surface area contributed by atoms with E-state index in [2.05, 4.69) is 15.9 Å². The van der Waals surface area contributed by atoms with E-state index in [9.17, 15) is 4.79 Å². The second-order valence-electron chi connectivity index (χ2n) is 7.10.